The average molecular weight is 276 g/mol. The monoisotopic (exact) mass is 276 g/mol. The maximum atomic E-state index is 4.67. The van der Waals surface area contributed by atoms with Gasteiger partial charge in [-0.25, -0.2) is 0 Å². The highest BCUT2D eigenvalue weighted by atomic mass is 15.4. The van der Waals surface area contributed by atoms with E-state index < -0.39 is 0 Å². The molecule has 1 aliphatic carbocycles. The lowest BCUT2D eigenvalue weighted by molar-refractivity contribution is 0.755. The Balaban J connectivity index is 1.82. The molecule has 1 aromatic heterocycles. The molecule has 2 aliphatic rings. The van der Waals surface area contributed by atoms with Crippen LogP contribution in [-0.2, 0) is 0 Å². The van der Waals surface area contributed by atoms with Crippen molar-refractivity contribution < 1.29 is 0 Å². The Labute approximate surface area is 120 Å². The number of hydrogen-bond acceptors (Lipinski definition) is 6. The van der Waals surface area contributed by atoms with Crippen LogP contribution in [-0.4, -0.2) is 48.2 Å². The zero-order valence-electron chi connectivity index (χ0n) is 12.5. The van der Waals surface area contributed by atoms with Gasteiger partial charge < -0.3 is 15.1 Å². The lowest BCUT2D eigenvalue weighted by Crippen LogP contribution is -2.26. The fraction of sp³-hybridized carbons (Fsp3) is 0.786. The fourth-order valence-electron chi connectivity index (χ4n) is 2.59. The second-order valence-electron chi connectivity index (χ2n) is 5.81. The molecule has 1 saturated heterocycles. The van der Waals surface area contributed by atoms with Gasteiger partial charge in [-0.2, -0.15) is 15.0 Å². The minimum Gasteiger partial charge on any atom is -0.354 e. The molecule has 110 valence electrons. The highest BCUT2D eigenvalue weighted by Crippen LogP contribution is 2.30. The average Bonchev–Trinajstić information content (AvgIpc) is 3.08. The van der Waals surface area contributed by atoms with Gasteiger partial charge in [0.2, 0.25) is 17.8 Å². The van der Waals surface area contributed by atoms with E-state index in [9.17, 15) is 0 Å². The lowest BCUT2D eigenvalue weighted by atomic mass is 10.4. The quantitative estimate of drug-likeness (QED) is 0.854. The van der Waals surface area contributed by atoms with Gasteiger partial charge in [-0.05, 0) is 38.5 Å². The number of rotatable bonds is 6. The van der Waals surface area contributed by atoms with E-state index in [1.54, 1.807) is 0 Å². The summed E-state index contributed by atoms with van der Waals surface area (Å²) in [7, 11) is 2.08. The normalized spacial score (nSPS) is 18.4. The molecule has 3 rings (SSSR count). The standard InChI is InChI=1S/C14H24N6/c1-3-15-12-16-13(19(2)10-11-6-7-11)18-14(17-12)20-8-4-5-9-20/h11H,3-10H2,1-2H3,(H,15,16,17,18). The van der Waals surface area contributed by atoms with Crippen LogP contribution in [0.2, 0.25) is 0 Å². The summed E-state index contributed by atoms with van der Waals surface area (Å²) in [4.78, 5) is 18.2. The largest absolute Gasteiger partial charge is 0.354 e. The molecule has 1 aliphatic heterocycles. The Morgan fingerprint density at radius 1 is 1.20 bits per heavy atom. The van der Waals surface area contributed by atoms with E-state index in [1.165, 1.54) is 25.7 Å². The van der Waals surface area contributed by atoms with Crippen molar-refractivity contribution in [2.24, 2.45) is 5.92 Å². The fourth-order valence-corrected chi connectivity index (χ4v) is 2.59. The van der Waals surface area contributed by atoms with Gasteiger partial charge in [-0.1, -0.05) is 0 Å². The summed E-state index contributed by atoms with van der Waals surface area (Å²) in [6.07, 6.45) is 5.15. The third-order valence-electron chi connectivity index (χ3n) is 3.91. The molecular weight excluding hydrogens is 252 g/mol. The minimum absolute atomic E-state index is 0.696. The van der Waals surface area contributed by atoms with Crippen LogP contribution in [0.15, 0.2) is 0 Å². The lowest BCUT2D eigenvalue weighted by Gasteiger charge is -2.21. The zero-order chi connectivity index (χ0) is 13.9. The molecule has 0 amide bonds. The SMILES string of the molecule is CCNc1nc(N(C)CC2CC2)nc(N2CCCC2)n1. The number of aromatic nitrogens is 3. The van der Waals surface area contributed by atoms with Crippen LogP contribution in [0.25, 0.3) is 0 Å². The number of anilines is 3. The van der Waals surface area contributed by atoms with Gasteiger partial charge in [0.05, 0.1) is 0 Å². The van der Waals surface area contributed by atoms with Gasteiger partial charge in [0.1, 0.15) is 0 Å². The molecule has 0 spiro atoms. The van der Waals surface area contributed by atoms with Crippen LogP contribution in [0.5, 0.6) is 0 Å². The highest BCUT2D eigenvalue weighted by Gasteiger charge is 2.25. The second kappa shape index (κ2) is 5.81. The summed E-state index contributed by atoms with van der Waals surface area (Å²) in [5.41, 5.74) is 0. The van der Waals surface area contributed by atoms with E-state index in [0.29, 0.717) is 5.95 Å². The second-order valence-corrected chi connectivity index (χ2v) is 5.81. The van der Waals surface area contributed by atoms with Gasteiger partial charge in [0, 0.05) is 33.2 Å². The van der Waals surface area contributed by atoms with Crippen molar-refractivity contribution >= 4 is 17.8 Å². The molecule has 1 saturated carbocycles. The van der Waals surface area contributed by atoms with E-state index >= 15 is 0 Å². The Morgan fingerprint density at radius 2 is 1.95 bits per heavy atom. The van der Waals surface area contributed by atoms with Crippen molar-refractivity contribution in [3.8, 4) is 0 Å². The summed E-state index contributed by atoms with van der Waals surface area (Å²) in [5, 5.41) is 3.22. The smallest absolute Gasteiger partial charge is 0.231 e. The predicted octanol–water partition coefficient (Wildman–Crippen LogP) is 1.75. The summed E-state index contributed by atoms with van der Waals surface area (Å²) >= 11 is 0. The first-order valence-corrected chi connectivity index (χ1v) is 7.72. The van der Waals surface area contributed by atoms with Crippen molar-refractivity contribution in [3.63, 3.8) is 0 Å². The van der Waals surface area contributed by atoms with Crippen molar-refractivity contribution in [2.75, 3.05) is 48.3 Å². The van der Waals surface area contributed by atoms with Crippen LogP contribution in [0, 0.1) is 5.92 Å². The molecular formula is C14H24N6. The Morgan fingerprint density at radius 3 is 2.60 bits per heavy atom. The molecule has 0 bridgehead atoms. The van der Waals surface area contributed by atoms with Crippen molar-refractivity contribution in [2.45, 2.75) is 32.6 Å². The van der Waals surface area contributed by atoms with Crippen LogP contribution in [0.4, 0.5) is 17.8 Å². The molecule has 0 aromatic carbocycles. The van der Waals surface area contributed by atoms with Crippen molar-refractivity contribution in [1.29, 1.82) is 0 Å². The molecule has 2 heterocycles. The first-order valence-electron chi connectivity index (χ1n) is 7.72. The Hall–Kier alpha value is -1.59. The molecule has 6 heteroatoms. The molecule has 1 N–H and O–H groups in total. The topological polar surface area (TPSA) is 57.2 Å². The van der Waals surface area contributed by atoms with Gasteiger partial charge in [-0.15, -0.1) is 0 Å². The van der Waals surface area contributed by atoms with Crippen molar-refractivity contribution in [1.82, 2.24) is 15.0 Å². The molecule has 20 heavy (non-hydrogen) atoms. The maximum absolute atomic E-state index is 4.67. The predicted molar refractivity (Wildman–Crippen MR) is 81.4 cm³/mol. The highest BCUT2D eigenvalue weighted by molar-refractivity contribution is 5.45. The van der Waals surface area contributed by atoms with Crippen LogP contribution in [0.1, 0.15) is 32.6 Å². The van der Waals surface area contributed by atoms with E-state index in [1.807, 2.05) is 0 Å². The molecule has 2 fully saturated rings. The van der Waals surface area contributed by atoms with E-state index in [0.717, 1.165) is 44.0 Å². The van der Waals surface area contributed by atoms with Crippen LogP contribution < -0.4 is 15.1 Å². The van der Waals surface area contributed by atoms with Gasteiger partial charge >= 0.3 is 0 Å². The zero-order valence-corrected chi connectivity index (χ0v) is 12.5. The Bertz CT molecular complexity index is 453. The molecule has 0 unspecified atom stereocenters. The van der Waals surface area contributed by atoms with Crippen molar-refractivity contribution in [3.05, 3.63) is 0 Å². The van der Waals surface area contributed by atoms with Gasteiger partial charge in [-0.3, -0.25) is 0 Å². The van der Waals surface area contributed by atoms with E-state index in [-0.39, 0.29) is 0 Å². The third kappa shape index (κ3) is 3.11. The van der Waals surface area contributed by atoms with Crippen LogP contribution >= 0.6 is 0 Å². The minimum atomic E-state index is 0.696. The summed E-state index contributed by atoms with van der Waals surface area (Å²) in [6, 6.07) is 0. The van der Waals surface area contributed by atoms with Gasteiger partial charge in [0.15, 0.2) is 0 Å². The third-order valence-corrected chi connectivity index (χ3v) is 3.91. The van der Waals surface area contributed by atoms with E-state index in [2.05, 4.69) is 44.0 Å². The number of nitrogens with zero attached hydrogens (tertiary/aromatic N) is 5. The number of nitrogens with one attached hydrogen (secondary N) is 1. The molecule has 1 aromatic rings. The van der Waals surface area contributed by atoms with E-state index in [4.69, 9.17) is 0 Å². The molecule has 0 radical (unpaired) electrons. The van der Waals surface area contributed by atoms with Gasteiger partial charge in [0.25, 0.3) is 0 Å². The maximum Gasteiger partial charge on any atom is 0.231 e. The summed E-state index contributed by atoms with van der Waals surface area (Å²) in [6.45, 7) is 6.06. The molecule has 0 atom stereocenters. The first kappa shape index (κ1) is 13.4. The molecule has 6 nitrogen and oxygen atoms in total. The first-order chi connectivity index (χ1) is 9.76. The summed E-state index contributed by atoms with van der Waals surface area (Å²) in [5.74, 6) is 3.15. The number of hydrogen-bond donors (Lipinski definition) is 1. The summed E-state index contributed by atoms with van der Waals surface area (Å²) < 4.78 is 0. The Kier molecular flexibility index (Phi) is 3.89. The van der Waals surface area contributed by atoms with Crippen LogP contribution in [0.3, 0.4) is 0 Å².